The Bertz CT molecular complexity index is 710. The number of nitrogens with zero attached hydrogens (tertiary/aromatic N) is 1. The van der Waals surface area contributed by atoms with E-state index in [4.69, 9.17) is 9.47 Å². The normalized spacial score (nSPS) is 22.3. The van der Waals surface area contributed by atoms with E-state index < -0.39 is 11.6 Å². The SMILES string of the molecule is CCCO[C@@]1(C(=O)Nc2ccc(OC(C)=O)c(C#N)c2)CCC[C@H](C)C1. The molecule has 1 fully saturated rings. The first-order chi connectivity index (χ1) is 12.4. The van der Waals surface area contributed by atoms with Crippen molar-refractivity contribution in [2.45, 2.75) is 58.5 Å². The minimum atomic E-state index is -0.824. The number of hydrogen-bond donors (Lipinski definition) is 1. The first kappa shape index (κ1) is 19.9. The minimum Gasteiger partial charge on any atom is -0.425 e. The summed E-state index contributed by atoms with van der Waals surface area (Å²) in [4.78, 5) is 24.1. The van der Waals surface area contributed by atoms with Crippen molar-refractivity contribution < 1.29 is 19.1 Å². The van der Waals surface area contributed by atoms with Gasteiger partial charge in [0.15, 0.2) is 0 Å². The maximum Gasteiger partial charge on any atom is 0.308 e. The second kappa shape index (κ2) is 8.81. The predicted octanol–water partition coefficient (Wildman–Crippen LogP) is 3.80. The molecule has 0 spiro atoms. The van der Waals surface area contributed by atoms with Crippen LogP contribution in [0.4, 0.5) is 5.69 Å². The van der Waals surface area contributed by atoms with Crippen LogP contribution in [0.25, 0.3) is 0 Å². The van der Waals surface area contributed by atoms with Gasteiger partial charge in [0.25, 0.3) is 5.91 Å². The Labute approximate surface area is 154 Å². The Morgan fingerprint density at radius 1 is 1.42 bits per heavy atom. The Balaban J connectivity index is 2.20. The van der Waals surface area contributed by atoms with Gasteiger partial charge in [-0.2, -0.15) is 5.26 Å². The maximum atomic E-state index is 13.0. The van der Waals surface area contributed by atoms with Crippen LogP contribution >= 0.6 is 0 Å². The van der Waals surface area contributed by atoms with Gasteiger partial charge < -0.3 is 14.8 Å². The molecule has 0 radical (unpaired) electrons. The van der Waals surface area contributed by atoms with Crippen molar-refractivity contribution in [2.24, 2.45) is 5.92 Å². The molecule has 6 heteroatoms. The molecule has 0 bridgehead atoms. The van der Waals surface area contributed by atoms with Crippen LogP contribution in [0, 0.1) is 17.2 Å². The van der Waals surface area contributed by atoms with Crippen LogP contribution in [0.3, 0.4) is 0 Å². The molecule has 6 nitrogen and oxygen atoms in total. The van der Waals surface area contributed by atoms with Gasteiger partial charge in [0.2, 0.25) is 0 Å². The number of amides is 1. The van der Waals surface area contributed by atoms with Crippen LogP contribution in [0.15, 0.2) is 18.2 Å². The number of carbonyl (C=O) groups excluding carboxylic acids is 2. The lowest BCUT2D eigenvalue weighted by Crippen LogP contribution is -2.48. The van der Waals surface area contributed by atoms with E-state index in [2.05, 4.69) is 12.2 Å². The third kappa shape index (κ3) is 4.83. The van der Waals surface area contributed by atoms with Crippen LogP contribution in [0.5, 0.6) is 5.75 Å². The van der Waals surface area contributed by atoms with Gasteiger partial charge in [-0.25, -0.2) is 0 Å². The number of nitrogens with one attached hydrogen (secondary N) is 1. The predicted molar refractivity (Wildman–Crippen MR) is 97.7 cm³/mol. The van der Waals surface area contributed by atoms with Crippen LogP contribution in [-0.4, -0.2) is 24.1 Å². The van der Waals surface area contributed by atoms with Crippen molar-refractivity contribution in [3.63, 3.8) is 0 Å². The summed E-state index contributed by atoms with van der Waals surface area (Å²) >= 11 is 0. The average Bonchev–Trinajstić information content (AvgIpc) is 2.60. The molecule has 0 unspecified atom stereocenters. The van der Waals surface area contributed by atoms with Gasteiger partial charge in [-0.3, -0.25) is 9.59 Å². The van der Waals surface area contributed by atoms with Crippen molar-refractivity contribution in [3.8, 4) is 11.8 Å². The molecule has 1 aromatic carbocycles. The Hall–Kier alpha value is -2.39. The van der Waals surface area contributed by atoms with Gasteiger partial charge in [0, 0.05) is 19.2 Å². The molecule has 1 aliphatic rings. The highest BCUT2D eigenvalue weighted by Gasteiger charge is 2.42. The van der Waals surface area contributed by atoms with Gasteiger partial charge in [-0.1, -0.05) is 20.3 Å². The number of anilines is 1. The van der Waals surface area contributed by atoms with Gasteiger partial charge in [-0.05, 0) is 49.8 Å². The molecule has 1 aromatic rings. The lowest BCUT2D eigenvalue weighted by Gasteiger charge is -2.38. The summed E-state index contributed by atoms with van der Waals surface area (Å²) in [6.45, 7) is 5.97. The van der Waals surface area contributed by atoms with Gasteiger partial charge in [0.05, 0.1) is 5.56 Å². The zero-order valence-corrected chi connectivity index (χ0v) is 15.6. The van der Waals surface area contributed by atoms with Gasteiger partial charge in [0.1, 0.15) is 17.4 Å². The van der Waals surface area contributed by atoms with Crippen LogP contribution in [-0.2, 0) is 14.3 Å². The van der Waals surface area contributed by atoms with E-state index in [0.717, 1.165) is 19.3 Å². The van der Waals surface area contributed by atoms with Gasteiger partial charge in [-0.15, -0.1) is 0 Å². The van der Waals surface area contributed by atoms with E-state index in [1.165, 1.54) is 19.1 Å². The fourth-order valence-corrected chi connectivity index (χ4v) is 3.39. The lowest BCUT2D eigenvalue weighted by molar-refractivity contribution is -0.148. The molecule has 1 saturated carbocycles. The van der Waals surface area contributed by atoms with Crippen molar-refractivity contribution in [1.82, 2.24) is 0 Å². The highest BCUT2D eigenvalue weighted by molar-refractivity contribution is 5.97. The fraction of sp³-hybridized carbons (Fsp3) is 0.550. The highest BCUT2D eigenvalue weighted by atomic mass is 16.5. The largest absolute Gasteiger partial charge is 0.425 e. The van der Waals surface area contributed by atoms with Crippen molar-refractivity contribution in [1.29, 1.82) is 5.26 Å². The van der Waals surface area contributed by atoms with E-state index >= 15 is 0 Å². The quantitative estimate of drug-likeness (QED) is 0.617. The molecule has 0 heterocycles. The summed E-state index contributed by atoms with van der Waals surface area (Å²) in [6.07, 6.45) is 4.28. The third-order valence-electron chi connectivity index (χ3n) is 4.56. The van der Waals surface area contributed by atoms with Crippen LogP contribution < -0.4 is 10.1 Å². The topological polar surface area (TPSA) is 88.4 Å². The molecule has 26 heavy (non-hydrogen) atoms. The van der Waals surface area contributed by atoms with Crippen molar-refractivity contribution >= 4 is 17.6 Å². The number of esters is 1. The van der Waals surface area contributed by atoms with Crippen LogP contribution in [0.2, 0.25) is 0 Å². The molecule has 1 aliphatic carbocycles. The van der Waals surface area contributed by atoms with E-state index in [9.17, 15) is 14.9 Å². The zero-order valence-electron chi connectivity index (χ0n) is 15.6. The smallest absolute Gasteiger partial charge is 0.308 e. The standard InChI is InChI=1S/C20H26N2O4/c1-4-10-25-20(9-5-6-14(2)12-20)19(24)22-17-7-8-18(26-15(3)23)16(11-17)13-21/h7-8,11,14H,4-6,9-10,12H2,1-3H3,(H,22,24)/t14-,20-/m0/s1. The molecule has 0 aromatic heterocycles. The summed E-state index contributed by atoms with van der Waals surface area (Å²) in [7, 11) is 0. The minimum absolute atomic E-state index is 0.179. The van der Waals surface area contributed by atoms with E-state index in [1.807, 2.05) is 13.0 Å². The number of ether oxygens (including phenoxy) is 2. The molecule has 2 atom stereocenters. The number of hydrogen-bond acceptors (Lipinski definition) is 5. The van der Waals surface area contributed by atoms with E-state index in [-0.39, 0.29) is 17.2 Å². The molecule has 0 saturated heterocycles. The average molecular weight is 358 g/mol. The molecule has 140 valence electrons. The maximum absolute atomic E-state index is 13.0. The molecular formula is C20H26N2O4. The second-order valence-corrected chi connectivity index (χ2v) is 6.91. The summed E-state index contributed by atoms with van der Waals surface area (Å²) in [5.74, 6) is -0.0726. The Kier molecular flexibility index (Phi) is 6.76. The fourth-order valence-electron chi connectivity index (χ4n) is 3.39. The zero-order chi connectivity index (χ0) is 19.2. The van der Waals surface area contributed by atoms with Crippen molar-refractivity contribution in [2.75, 3.05) is 11.9 Å². The van der Waals surface area contributed by atoms with E-state index in [1.54, 1.807) is 6.07 Å². The van der Waals surface area contributed by atoms with Gasteiger partial charge >= 0.3 is 5.97 Å². The summed E-state index contributed by atoms with van der Waals surface area (Å²) in [5.41, 5.74) is -0.145. The number of carbonyl (C=O) groups is 2. The summed E-state index contributed by atoms with van der Waals surface area (Å²) in [6, 6.07) is 6.63. The monoisotopic (exact) mass is 358 g/mol. The van der Waals surface area contributed by atoms with Crippen molar-refractivity contribution in [3.05, 3.63) is 23.8 Å². The first-order valence-corrected chi connectivity index (χ1v) is 9.08. The van der Waals surface area contributed by atoms with E-state index in [0.29, 0.717) is 31.1 Å². The molecule has 0 aliphatic heterocycles. The van der Waals surface area contributed by atoms with Crippen LogP contribution in [0.1, 0.15) is 58.4 Å². The number of rotatable bonds is 6. The Morgan fingerprint density at radius 2 is 2.19 bits per heavy atom. The number of benzene rings is 1. The number of nitriles is 1. The summed E-state index contributed by atoms with van der Waals surface area (Å²) < 4.78 is 11.0. The second-order valence-electron chi connectivity index (χ2n) is 6.91. The molecule has 1 amide bonds. The highest BCUT2D eigenvalue weighted by Crippen LogP contribution is 2.36. The Morgan fingerprint density at radius 3 is 2.81 bits per heavy atom. The molecular weight excluding hydrogens is 332 g/mol. The molecule has 1 N–H and O–H groups in total. The lowest BCUT2D eigenvalue weighted by atomic mass is 9.78. The molecule has 2 rings (SSSR count). The summed E-state index contributed by atoms with van der Waals surface area (Å²) in [5, 5.41) is 12.1. The third-order valence-corrected chi connectivity index (χ3v) is 4.56. The first-order valence-electron chi connectivity index (χ1n) is 9.08.